The summed E-state index contributed by atoms with van der Waals surface area (Å²) in [5.74, 6) is -1.05. The van der Waals surface area contributed by atoms with Crippen LogP contribution in [0, 0.1) is 17.6 Å². The Hall–Kier alpha value is -3.01. The van der Waals surface area contributed by atoms with E-state index in [9.17, 15) is 13.6 Å². The monoisotopic (exact) mass is 377 g/mol. The van der Waals surface area contributed by atoms with Crippen LogP contribution in [0.2, 0.25) is 0 Å². The number of fused-ring (bicyclic) bond motifs is 1. The Labute approximate surface area is 163 Å². The van der Waals surface area contributed by atoms with Crippen LogP contribution in [0.5, 0.6) is 0 Å². The molecule has 0 unspecified atom stereocenters. The van der Waals surface area contributed by atoms with Crippen molar-refractivity contribution in [2.45, 2.75) is 25.7 Å². The summed E-state index contributed by atoms with van der Waals surface area (Å²) in [5, 5.41) is 0. The fourth-order valence-electron chi connectivity index (χ4n) is 4.04. The summed E-state index contributed by atoms with van der Waals surface area (Å²) in [6, 6.07) is 17.2. The van der Waals surface area contributed by atoms with Crippen LogP contribution in [-0.4, -0.2) is 5.91 Å². The van der Waals surface area contributed by atoms with Crippen LogP contribution in [-0.2, 0) is 19.3 Å². The van der Waals surface area contributed by atoms with Crippen LogP contribution in [0.3, 0.4) is 0 Å². The average Bonchev–Trinajstić information content (AvgIpc) is 3.09. The van der Waals surface area contributed by atoms with Crippen molar-refractivity contribution in [3.05, 3.63) is 94.6 Å². The second-order valence-corrected chi connectivity index (χ2v) is 7.48. The molecule has 1 aliphatic rings. The van der Waals surface area contributed by atoms with E-state index in [1.807, 2.05) is 0 Å². The zero-order chi connectivity index (χ0) is 19.7. The minimum absolute atomic E-state index is 0.0697. The number of halogens is 2. The van der Waals surface area contributed by atoms with Gasteiger partial charge in [-0.15, -0.1) is 0 Å². The second-order valence-electron chi connectivity index (χ2n) is 7.48. The molecule has 2 nitrogen and oxygen atoms in total. The third-order valence-electron chi connectivity index (χ3n) is 5.53. The van der Waals surface area contributed by atoms with Crippen molar-refractivity contribution >= 4 is 5.91 Å². The highest BCUT2D eigenvalue weighted by atomic mass is 19.1. The van der Waals surface area contributed by atoms with Gasteiger partial charge in [0.25, 0.3) is 0 Å². The Morgan fingerprint density at radius 2 is 1.64 bits per heavy atom. The average molecular weight is 377 g/mol. The fourth-order valence-corrected chi connectivity index (χ4v) is 4.04. The molecule has 0 aromatic heterocycles. The largest absolute Gasteiger partial charge is 0.366 e. The van der Waals surface area contributed by atoms with Crippen LogP contribution in [0.25, 0.3) is 11.1 Å². The Balaban J connectivity index is 1.48. The van der Waals surface area contributed by atoms with Gasteiger partial charge in [0.1, 0.15) is 11.6 Å². The maximum Gasteiger partial charge on any atom is 0.248 e. The van der Waals surface area contributed by atoms with Gasteiger partial charge in [-0.25, -0.2) is 8.78 Å². The van der Waals surface area contributed by atoms with Gasteiger partial charge in [0.05, 0.1) is 0 Å². The molecular formula is C24H21F2NO. The molecule has 0 radical (unpaired) electrons. The molecule has 0 saturated carbocycles. The molecule has 1 aliphatic carbocycles. The molecule has 0 saturated heterocycles. The van der Waals surface area contributed by atoms with E-state index in [2.05, 4.69) is 24.3 Å². The fraction of sp³-hybridized carbons (Fsp3) is 0.208. The summed E-state index contributed by atoms with van der Waals surface area (Å²) in [6.45, 7) is 0. The summed E-state index contributed by atoms with van der Waals surface area (Å²) in [7, 11) is 0. The predicted octanol–water partition coefficient (Wildman–Crippen LogP) is 5.08. The van der Waals surface area contributed by atoms with E-state index >= 15 is 0 Å². The van der Waals surface area contributed by atoms with Crippen molar-refractivity contribution in [3.8, 4) is 11.1 Å². The molecule has 0 spiro atoms. The molecule has 0 atom stereocenters. The third-order valence-corrected chi connectivity index (χ3v) is 5.53. The molecule has 28 heavy (non-hydrogen) atoms. The number of benzene rings is 3. The number of hydrogen-bond donors (Lipinski definition) is 1. The number of carbonyl (C=O) groups excluding carboxylic acids is 1. The zero-order valence-electron chi connectivity index (χ0n) is 15.4. The Kier molecular flexibility index (Phi) is 4.95. The number of carbonyl (C=O) groups is 1. The minimum atomic E-state index is -0.713. The number of aryl methyl sites for hydroxylation is 1. The highest BCUT2D eigenvalue weighted by molar-refractivity contribution is 5.94. The molecule has 1 amide bonds. The molecule has 0 heterocycles. The lowest BCUT2D eigenvalue weighted by molar-refractivity contribution is 0.1000. The standard InChI is InChI=1S/C24H21F2NO/c25-22-12-20(11-21(13-22)24(27)28)19-8-7-16(23(26)14-19)6-5-15-9-17-3-1-2-4-18(17)10-15/h1-4,7-8,11-15H,5-6,9-10H2,(H2,27,28). The molecule has 3 aromatic rings. The number of nitrogens with two attached hydrogens (primary N) is 1. The van der Waals surface area contributed by atoms with Crippen LogP contribution >= 0.6 is 0 Å². The summed E-state index contributed by atoms with van der Waals surface area (Å²) in [6.07, 6.45) is 3.70. The van der Waals surface area contributed by atoms with Crippen molar-refractivity contribution in [2.24, 2.45) is 11.7 Å². The highest BCUT2D eigenvalue weighted by Crippen LogP contribution is 2.30. The van der Waals surface area contributed by atoms with Crippen LogP contribution in [0.4, 0.5) is 8.78 Å². The molecule has 0 aliphatic heterocycles. The Bertz CT molecular complexity index is 1020. The molecule has 2 N–H and O–H groups in total. The van der Waals surface area contributed by atoms with E-state index in [0.717, 1.165) is 25.3 Å². The van der Waals surface area contributed by atoms with Gasteiger partial charge in [0.2, 0.25) is 5.91 Å². The van der Waals surface area contributed by atoms with Gasteiger partial charge in [-0.1, -0.05) is 36.4 Å². The van der Waals surface area contributed by atoms with Gasteiger partial charge < -0.3 is 5.73 Å². The van der Waals surface area contributed by atoms with Crippen LogP contribution < -0.4 is 5.73 Å². The van der Waals surface area contributed by atoms with Crippen molar-refractivity contribution in [1.29, 1.82) is 0 Å². The van der Waals surface area contributed by atoms with Gasteiger partial charge in [0.15, 0.2) is 0 Å². The Morgan fingerprint density at radius 1 is 0.929 bits per heavy atom. The molecule has 0 fully saturated rings. The van der Waals surface area contributed by atoms with Gasteiger partial charge in [-0.05, 0) is 83.7 Å². The topological polar surface area (TPSA) is 43.1 Å². The molecule has 0 bridgehead atoms. The quantitative estimate of drug-likeness (QED) is 0.662. The van der Waals surface area contributed by atoms with Gasteiger partial charge in [0, 0.05) is 5.56 Å². The lowest BCUT2D eigenvalue weighted by Gasteiger charge is -2.11. The van der Waals surface area contributed by atoms with E-state index < -0.39 is 11.7 Å². The number of rotatable bonds is 5. The summed E-state index contributed by atoms with van der Waals surface area (Å²) < 4.78 is 28.4. The summed E-state index contributed by atoms with van der Waals surface area (Å²) in [4.78, 5) is 11.3. The smallest absolute Gasteiger partial charge is 0.248 e. The van der Waals surface area contributed by atoms with Gasteiger partial charge in [-0.2, -0.15) is 0 Å². The first kappa shape index (κ1) is 18.4. The zero-order valence-corrected chi connectivity index (χ0v) is 15.4. The third kappa shape index (κ3) is 3.81. The van der Waals surface area contributed by atoms with Gasteiger partial charge >= 0.3 is 0 Å². The number of hydrogen-bond acceptors (Lipinski definition) is 1. The number of primary amides is 1. The Morgan fingerprint density at radius 3 is 2.29 bits per heavy atom. The van der Waals surface area contributed by atoms with E-state index in [-0.39, 0.29) is 11.4 Å². The van der Waals surface area contributed by atoms with Gasteiger partial charge in [-0.3, -0.25) is 4.79 Å². The second kappa shape index (κ2) is 7.55. The van der Waals surface area contributed by atoms with E-state index in [4.69, 9.17) is 5.73 Å². The van der Waals surface area contributed by atoms with E-state index in [0.29, 0.717) is 29.0 Å². The summed E-state index contributed by atoms with van der Waals surface area (Å²) >= 11 is 0. The van der Waals surface area contributed by atoms with E-state index in [1.165, 1.54) is 29.3 Å². The first-order chi connectivity index (χ1) is 13.5. The van der Waals surface area contributed by atoms with Crippen molar-refractivity contribution in [2.75, 3.05) is 0 Å². The lowest BCUT2D eigenvalue weighted by Crippen LogP contribution is -2.11. The van der Waals surface area contributed by atoms with E-state index in [1.54, 1.807) is 12.1 Å². The SMILES string of the molecule is NC(=O)c1cc(F)cc(-c2ccc(CCC3Cc4ccccc4C3)c(F)c2)c1. The number of amides is 1. The highest BCUT2D eigenvalue weighted by Gasteiger charge is 2.21. The molecule has 4 rings (SSSR count). The van der Waals surface area contributed by atoms with Crippen LogP contribution in [0.1, 0.15) is 33.5 Å². The maximum atomic E-state index is 14.6. The maximum absolute atomic E-state index is 14.6. The van der Waals surface area contributed by atoms with Crippen molar-refractivity contribution < 1.29 is 13.6 Å². The molecule has 3 aromatic carbocycles. The van der Waals surface area contributed by atoms with Crippen molar-refractivity contribution in [3.63, 3.8) is 0 Å². The van der Waals surface area contributed by atoms with Crippen LogP contribution in [0.15, 0.2) is 60.7 Å². The molecule has 4 heteroatoms. The predicted molar refractivity (Wildman–Crippen MR) is 106 cm³/mol. The lowest BCUT2D eigenvalue weighted by atomic mass is 9.95. The first-order valence-electron chi connectivity index (χ1n) is 9.45. The summed E-state index contributed by atoms with van der Waals surface area (Å²) in [5.41, 5.74) is 9.73. The molecular weight excluding hydrogens is 356 g/mol. The first-order valence-corrected chi connectivity index (χ1v) is 9.45. The minimum Gasteiger partial charge on any atom is -0.366 e. The van der Waals surface area contributed by atoms with Crippen molar-refractivity contribution in [1.82, 2.24) is 0 Å². The molecule has 142 valence electrons. The normalized spacial score (nSPS) is 13.5.